The van der Waals surface area contributed by atoms with E-state index in [4.69, 9.17) is 0 Å². The van der Waals surface area contributed by atoms with Gasteiger partial charge in [-0.15, -0.1) is 12.4 Å². The highest BCUT2D eigenvalue weighted by Gasteiger charge is 2.28. The minimum absolute atomic E-state index is 0. The number of nitrogens with one attached hydrogen (secondary N) is 2. The Morgan fingerprint density at radius 1 is 1.39 bits per heavy atom. The minimum Gasteiger partial charge on any atom is -0.338 e. The molecule has 1 unspecified atom stereocenters. The summed E-state index contributed by atoms with van der Waals surface area (Å²) >= 11 is 0. The second-order valence-electron chi connectivity index (χ2n) is 5.89. The topological polar surface area (TPSA) is 78.5 Å². The molecule has 1 aromatic carbocycles. The van der Waals surface area contributed by atoms with Gasteiger partial charge in [-0.05, 0) is 45.0 Å². The van der Waals surface area contributed by atoms with Gasteiger partial charge < -0.3 is 10.2 Å². The average molecular weight is 362 g/mol. The SMILES string of the molecule is CNCC1CCN(C(=O)c2cc(C)ccc2NS(C)(=O)=O)C1.Cl. The van der Waals surface area contributed by atoms with E-state index >= 15 is 0 Å². The molecule has 1 heterocycles. The molecule has 1 aliphatic heterocycles. The maximum atomic E-state index is 12.7. The molecule has 130 valence electrons. The Balaban J connectivity index is 0.00000264. The number of hydrogen-bond acceptors (Lipinski definition) is 4. The van der Waals surface area contributed by atoms with E-state index in [9.17, 15) is 13.2 Å². The third-order valence-electron chi connectivity index (χ3n) is 3.77. The molecule has 0 saturated carbocycles. The van der Waals surface area contributed by atoms with E-state index in [1.54, 1.807) is 23.1 Å². The number of rotatable bonds is 5. The van der Waals surface area contributed by atoms with Crippen LogP contribution in [-0.2, 0) is 10.0 Å². The lowest BCUT2D eigenvalue weighted by Crippen LogP contribution is -2.31. The highest BCUT2D eigenvalue weighted by molar-refractivity contribution is 7.92. The molecule has 8 heteroatoms. The molecular formula is C15H24ClN3O3S. The molecule has 6 nitrogen and oxygen atoms in total. The van der Waals surface area contributed by atoms with E-state index in [1.807, 2.05) is 14.0 Å². The number of likely N-dealkylation sites (tertiary alicyclic amines) is 1. The number of benzene rings is 1. The second-order valence-corrected chi connectivity index (χ2v) is 7.64. The van der Waals surface area contributed by atoms with Crippen LogP contribution in [0.25, 0.3) is 0 Å². The van der Waals surface area contributed by atoms with Crippen molar-refractivity contribution < 1.29 is 13.2 Å². The predicted molar refractivity (Wildman–Crippen MR) is 94.8 cm³/mol. The van der Waals surface area contributed by atoms with Gasteiger partial charge in [-0.3, -0.25) is 9.52 Å². The molecule has 2 N–H and O–H groups in total. The number of aryl methyl sites for hydroxylation is 1. The Labute approximate surface area is 144 Å². The molecule has 23 heavy (non-hydrogen) atoms. The predicted octanol–water partition coefficient (Wildman–Crippen LogP) is 1.47. The van der Waals surface area contributed by atoms with Gasteiger partial charge in [0.25, 0.3) is 5.91 Å². The van der Waals surface area contributed by atoms with Crippen LogP contribution >= 0.6 is 12.4 Å². The van der Waals surface area contributed by atoms with Crippen molar-refractivity contribution in [2.75, 3.05) is 37.7 Å². The number of amides is 1. The highest BCUT2D eigenvalue weighted by Crippen LogP contribution is 2.24. The van der Waals surface area contributed by atoms with Gasteiger partial charge >= 0.3 is 0 Å². The van der Waals surface area contributed by atoms with Crippen LogP contribution in [0.15, 0.2) is 18.2 Å². The van der Waals surface area contributed by atoms with Gasteiger partial charge in [0.05, 0.1) is 17.5 Å². The summed E-state index contributed by atoms with van der Waals surface area (Å²) in [5.74, 6) is 0.332. The first-order valence-electron chi connectivity index (χ1n) is 7.32. The largest absolute Gasteiger partial charge is 0.338 e. The van der Waals surface area contributed by atoms with Crippen molar-refractivity contribution in [1.29, 1.82) is 0 Å². The summed E-state index contributed by atoms with van der Waals surface area (Å²) in [6, 6.07) is 5.17. The fraction of sp³-hybridized carbons (Fsp3) is 0.533. The third kappa shape index (κ3) is 5.37. The summed E-state index contributed by atoms with van der Waals surface area (Å²) in [5.41, 5.74) is 1.68. The summed E-state index contributed by atoms with van der Waals surface area (Å²) in [6.07, 6.45) is 2.05. The standard InChI is InChI=1S/C15H23N3O3S.ClH/c1-11-4-5-14(17-22(3,20)21)13(8-11)15(19)18-7-6-12(10-18)9-16-2;/h4-5,8,12,16-17H,6-7,9-10H2,1-3H3;1H. The first-order chi connectivity index (χ1) is 10.3. The maximum Gasteiger partial charge on any atom is 0.256 e. The van der Waals surface area contributed by atoms with Crippen LogP contribution in [-0.4, -0.2) is 52.2 Å². The fourth-order valence-corrected chi connectivity index (χ4v) is 3.34. The minimum atomic E-state index is -3.42. The van der Waals surface area contributed by atoms with Gasteiger partial charge in [-0.25, -0.2) is 8.42 Å². The molecule has 1 aromatic rings. The van der Waals surface area contributed by atoms with Crippen LogP contribution in [0.4, 0.5) is 5.69 Å². The van der Waals surface area contributed by atoms with E-state index in [0.29, 0.717) is 30.3 Å². The van der Waals surface area contributed by atoms with Crippen molar-refractivity contribution in [1.82, 2.24) is 10.2 Å². The zero-order valence-electron chi connectivity index (χ0n) is 13.6. The smallest absolute Gasteiger partial charge is 0.256 e. The summed E-state index contributed by atoms with van der Waals surface area (Å²) < 4.78 is 25.4. The van der Waals surface area contributed by atoms with Crippen LogP contribution in [0.1, 0.15) is 22.3 Å². The fourth-order valence-electron chi connectivity index (χ4n) is 2.77. The Kier molecular flexibility index (Phi) is 6.85. The van der Waals surface area contributed by atoms with Crippen molar-refractivity contribution in [3.63, 3.8) is 0 Å². The number of nitrogens with zero attached hydrogens (tertiary/aromatic N) is 1. The third-order valence-corrected chi connectivity index (χ3v) is 4.36. The molecule has 1 amide bonds. The van der Waals surface area contributed by atoms with Crippen molar-refractivity contribution >= 4 is 34.0 Å². The molecule has 1 fully saturated rings. The lowest BCUT2D eigenvalue weighted by molar-refractivity contribution is 0.0788. The van der Waals surface area contributed by atoms with Crippen molar-refractivity contribution in [3.8, 4) is 0 Å². The number of carbonyl (C=O) groups is 1. The summed E-state index contributed by atoms with van der Waals surface area (Å²) in [5, 5.41) is 3.13. The Morgan fingerprint density at radius 3 is 2.70 bits per heavy atom. The van der Waals surface area contributed by atoms with Gasteiger partial charge in [-0.2, -0.15) is 0 Å². The number of halogens is 1. The van der Waals surface area contributed by atoms with E-state index < -0.39 is 10.0 Å². The number of carbonyl (C=O) groups excluding carboxylic acids is 1. The normalized spacial score (nSPS) is 17.7. The molecule has 0 aliphatic carbocycles. The lowest BCUT2D eigenvalue weighted by atomic mass is 10.1. The van der Waals surface area contributed by atoms with Crippen LogP contribution in [0.5, 0.6) is 0 Å². The van der Waals surface area contributed by atoms with Gasteiger partial charge in [0.1, 0.15) is 0 Å². The second kappa shape index (κ2) is 7.99. The van der Waals surface area contributed by atoms with Crippen molar-refractivity contribution in [2.45, 2.75) is 13.3 Å². The van der Waals surface area contributed by atoms with Gasteiger partial charge in [-0.1, -0.05) is 11.6 Å². The molecule has 0 radical (unpaired) electrons. The van der Waals surface area contributed by atoms with Crippen LogP contribution < -0.4 is 10.0 Å². The highest BCUT2D eigenvalue weighted by atomic mass is 35.5. The monoisotopic (exact) mass is 361 g/mol. The van der Waals surface area contributed by atoms with E-state index in [1.165, 1.54) is 0 Å². The zero-order valence-corrected chi connectivity index (χ0v) is 15.3. The molecule has 0 bridgehead atoms. The maximum absolute atomic E-state index is 12.7. The molecule has 2 rings (SSSR count). The zero-order chi connectivity index (χ0) is 16.3. The lowest BCUT2D eigenvalue weighted by Gasteiger charge is -2.19. The Bertz CT molecular complexity index is 664. The number of sulfonamides is 1. The van der Waals surface area contributed by atoms with Gasteiger partial charge in [0.15, 0.2) is 0 Å². The van der Waals surface area contributed by atoms with Crippen LogP contribution in [0.2, 0.25) is 0 Å². The molecule has 1 saturated heterocycles. The first kappa shape index (κ1) is 19.7. The van der Waals surface area contributed by atoms with Crippen molar-refractivity contribution in [3.05, 3.63) is 29.3 Å². The van der Waals surface area contributed by atoms with Crippen LogP contribution in [0.3, 0.4) is 0 Å². The Morgan fingerprint density at radius 2 is 2.09 bits per heavy atom. The van der Waals surface area contributed by atoms with Crippen LogP contribution in [0, 0.1) is 12.8 Å². The van der Waals surface area contributed by atoms with E-state index in [-0.39, 0.29) is 18.3 Å². The van der Waals surface area contributed by atoms with Gasteiger partial charge in [0, 0.05) is 13.1 Å². The molecule has 1 atom stereocenters. The first-order valence-corrected chi connectivity index (χ1v) is 9.21. The van der Waals surface area contributed by atoms with Gasteiger partial charge in [0.2, 0.25) is 10.0 Å². The average Bonchev–Trinajstić information content (AvgIpc) is 2.87. The van der Waals surface area contributed by atoms with E-state index in [0.717, 1.165) is 24.8 Å². The summed E-state index contributed by atoms with van der Waals surface area (Å²) in [4.78, 5) is 14.5. The van der Waals surface area contributed by atoms with E-state index in [2.05, 4.69) is 10.0 Å². The Hall–Kier alpha value is -1.31. The molecule has 1 aliphatic rings. The number of hydrogen-bond donors (Lipinski definition) is 2. The van der Waals surface area contributed by atoms with Crippen molar-refractivity contribution in [2.24, 2.45) is 5.92 Å². The molecule has 0 aromatic heterocycles. The quantitative estimate of drug-likeness (QED) is 0.832. The summed E-state index contributed by atoms with van der Waals surface area (Å²) in [7, 11) is -1.52. The molecule has 0 spiro atoms. The number of anilines is 1. The summed E-state index contributed by atoms with van der Waals surface area (Å²) in [6.45, 7) is 4.17. The molecular weight excluding hydrogens is 338 g/mol.